The molecule has 2 aliphatic heterocycles. The molecule has 1 aromatic rings. The summed E-state index contributed by atoms with van der Waals surface area (Å²) in [6.45, 7) is 14.5. The second-order valence-corrected chi connectivity index (χ2v) is 13.0. The third-order valence-electron chi connectivity index (χ3n) is 7.85. The van der Waals surface area contributed by atoms with Crippen molar-refractivity contribution in [2.45, 2.75) is 122 Å². The molecule has 3 rings (SSSR count). The number of carbonyl (C=O) groups is 3. The number of hydrogen-bond acceptors (Lipinski definition) is 6. The largest absolute Gasteiger partial charge is 0.481 e. The first-order chi connectivity index (χ1) is 18.7. The number of ether oxygens (including phenoxy) is 1. The molecule has 2 saturated heterocycles. The fourth-order valence-electron chi connectivity index (χ4n) is 4.89. The van der Waals surface area contributed by atoms with Crippen molar-refractivity contribution in [2.75, 3.05) is 13.1 Å². The maximum atomic E-state index is 13.7. The number of likely N-dealkylation sites (tertiary alicyclic amines) is 1. The van der Waals surface area contributed by atoms with E-state index in [-0.39, 0.29) is 12.3 Å². The van der Waals surface area contributed by atoms with Crippen molar-refractivity contribution in [2.24, 2.45) is 0 Å². The van der Waals surface area contributed by atoms with Crippen molar-refractivity contribution in [1.82, 2.24) is 15.5 Å². The van der Waals surface area contributed by atoms with Crippen molar-refractivity contribution in [3.05, 3.63) is 35.9 Å². The number of rotatable bonds is 10. The van der Waals surface area contributed by atoms with Gasteiger partial charge in [-0.2, -0.15) is 0 Å². The van der Waals surface area contributed by atoms with Gasteiger partial charge in [0.05, 0.1) is 23.6 Å². The fraction of sp³-hybridized carbons (Fsp3) is 0.700. The molecular weight excluding hydrogens is 509 g/mol. The maximum absolute atomic E-state index is 13.7. The van der Waals surface area contributed by atoms with Gasteiger partial charge in [0.2, 0.25) is 11.8 Å². The molecule has 0 spiro atoms. The van der Waals surface area contributed by atoms with Crippen LogP contribution in [0.3, 0.4) is 0 Å². The van der Waals surface area contributed by atoms with Crippen LogP contribution in [0.25, 0.3) is 0 Å². The van der Waals surface area contributed by atoms with Gasteiger partial charge in [0.1, 0.15) is 11.6 Å². The molecule has 2 N–H and O–H groups in total. The molecule has 0 bridgehead atoms. The zero-order valence-corrected chi connectivity index (χ0v) is 25.4. The molecule has 0 saturated carbocycles. The van der Waals surface area contributed by atoms with Gasteiger partial charge in [-0.1, -0.05) is 30.3 Å². The van der Waals surface area contributed by atoms with E-state index < -0.39 is 47.9 Å². The summed E-state index contributed by atoms with van der Waals surface area (Å²) in [5, 5.41) is 5.72. The Balaban J connectivity index is 1.76. The number of aryl methyl sites for hydroxylation is 1. The van der Waals surface area contributed by atoms with Crippen LogP contribution in [0, 0.1) is 0 Å². The van der Waals surface area contributed by atoms with Gasteiger partial charge < -0.3 is 29.6 Å². The van der Waals surface area contributed by atoms with Crippen molar-refractivity contribution in [3.63, 3.8) is 0 Å². The molecule has 9 nitrogen and oxygen atoms in total. The lowest BCUT2D eigenvalue weighted by Gasteiger charge is -2.32. The highest BCUT2D eigenvalue weighted by molar-refractivity contribution is 6.48. The zero-order valence-electron chi connectivity index (χ0n) is 25.4. The summed E-state index contributed by atoms with van der Waals surface area (Å²) in [4.78, 5) is 41.3. The zero-order chi connectivity index (χ0) is 29.6. The lowest BCUT2D eigenvalue weighted by Crippen LogP contribution is -2.56. The third kappa shape index (κ3) is 9.23. The molecule has 0 aliphatic carbocycles. The Morgan fingerprint density at radius 3 is 2.15 bits per heavy atom. The fourth-order valence-corrected chi connectivity index (χ4v) is 4.89. The Morgan fingerprint density at radius 1 is 0.975 bits per heavy atom. The molecule has 2 heterocycles. The van der Waals surface area contributed by atoms with Gasteiger partial charge in [-0.05, 0) is 92.6 Å². The van der Waals surface area contributed by atoms with Crippen LogP contribution in [-0.2, 0) is 30.1 Å². The normalized spacial score (nSPS) is 20.0. The first-order valence-electron chi connectivity index (χ1n) is 14.6. The SMILES string of the molecule is CC(C)(C)OC(=O)N[C@H](CC(=O)N1CCCCC1)C(=O)N[C@@H](CCCc1ccccc1)B1OC(C)(C)C(C)(C)O1. The Kier molecular flexibility index (Phi) is 10.7. The van der Waals surface area contributed by atoms with Crippen LogP contribution in [0.2, 0.25) is 0 Å². The summed E-state index contributed by atoms with van der Waals surface area (Å²) in [7, 11) is -0.676. The number of nitrogens with zero attached hydrogens (tertiary/aromatic N) is 1. The van der Waals surface area contributed by atoms with E-state index in [2.05, 4.69) is 22.8 Å². The van der Waals surface area contributed by atoms with Crippen molar-refractivity contribution in [3.8, 4) is 0 Å². The molecule has 10 heteroatoms. The number of carbonyl (C=O) groups excluding carboxylic acids is 3. The molecule has 2 aliphatic rings. The van der Waals surface area contributed by atoms with Crippen molar-refractivity contribution < 1.29 is 28.4 Å². The average Bonchev–Trinajstić information content (AvgIpc) is 3.09. The number of benzene rings is 1. The quantitative estimate of drug-likeness (QED) is 0.413. The highest BCUT2D eigenvalue weighted by atomic mass is 16.7. The number of nitrogens with one attached hydrogen (secondary N) is 2. The Morgan fingerprint density at radius 2 is 1.57 bits per heavy atom. The second kappa shape index (κ2) is 13.4. The molecule has 0 aromatic heterocycles. The van der Waals surface area contributed by atoms with Gasteiger partial charge in [0, 0.05) is 13.1 Å². The van der Waals surface area contributed by atoms with E-state index >= 15 is 0 Å². The molecule has 0 radical (unpaired) electrons. The van der Waals surface area contributed by atoms with Crippen LogP contribution < -0.4 is 10.6 Å². The highest BCUT2D eigenvalue weighted by Gasteiger charge is 2.54. The molecule has 2 atom stereocenters. The van der Waals surface area contributed by atoms with Crippen LogP contribution in [0.5, 0.6) is 0 Å². The summed E-state index contributed by atoms with van der Waals surface area (Å²) in [6, 6.07) is 9.07. The molecule has 1 aromatic carbocycles. The minimum atomic E-state index is -1.09. The number of alkyl carbamates (subject to hydrolysis) is 1. The number of amides is 3. The molecule has 222 valence electrons. The van der Waals surface area contributed by atoms with E-state index in [4.69, 9.17) is 14.0 Å². The van der Waals surface area contributed by atoms with E-state index in [0.717, 1.165) is 32.1 Å². The standard InChI is InChI=1S/C30H48BN3O6/c1-28(2,3)38-27(37)32-23(21-25(35)34-19-12-9-13-20-34)26(36)33-24(18-14-17-22-15-10-8-11-16-22)31-39-29(4,5)30(6,7)40-31/h8,10-11,15-16,23-24H,9,12-14,17-21H2,1-7H3,(H,32,37)(H,33,36)/t23-,24+/m1/s1. The second-order valence-electron chi connectivity index (χ2n) is 13.0. The van der Waals surface area contributed by atoms with Crippen LogP contribution in [0.1, 0.15) is 92.6 Å². The Labute approximate surface area is 240 Å². The molecule has 0 unspecified atom stereocenters. The summed E-state index contributed by atoms with van der Waals surface area (Å²) < 4.78 is 18.0. The van der Waals surface area contributed by atoms with E-state index in [1.54, 1.807) is 25.7 Å². The van der Waals surface area contributed by atoms with Gasteiger partial charge in [0.25, 0.3) is 0 Å². The van der Waals surface area contributed by atoms with Crippen LogP contribution >= 0.6 is 0 Å². The highest BCUT2D eigenvalue weighted by Crippen LogP contribution is 2.38. The summed E-state index contributed by atoms with van der Waals surface area (Å²) in [6.07, 6.45) is 4.29. The lowest BCUT2D eigenvalue weighted by atomic mass is 9.75. The van der Waals surface area contributed by atoms with Crippen LogP contribution in [-0.4, -0.2) is 71.8 Å². The first-order valence-corrected chi connectivity index (χ1v) is 14.6. The summed E-state index contributed by atoms with van der Waals surface area (Å²) in [5.41, 5.74) is -0.681. The van der Waals surface area contributed by atoms with E-state index in [1.807, 2.05) is 45.9 Å². The van der Waals surface area contributed by atoms with Crippen LogP contribution in [0.15, 0.2) is 30.3 Å². The van der Waals surface area contributed by atoms with Gasteiger partial charge in [-0.25, -0.2) is 4.79 Å². The molecule has 3 amide bonds. The van der Waals surface area contributed by atoms with Gasteiger partial charge >= 0.3 is 13.2 Å². The predicted molar refractivity (Wildman–Crippen MR) is 156 cm³/mol. The smallest absolute Gasteiger partial charge is 0.444 e. The van der Waals surface area contributed by atoms with Crippen molar-refractivity contribution in [1.29, 1.82) is 0 Å². The maximum Gasteiger partial charge on any atom is 0.481 e. The Hall–Kier alpha value is -2.59. The van der Waals surface area contributed by atoms with Gasteiger partial charge in [-0.3, -0.25) is 9.59 Å². The topological polar surface area (TPSA) is 106 Å². The summed E-state index contributed by atoms with van der Waals surface area (Å²) >= 11 is 0. The van der Waals surface area contributed by atoms with E-state index in [0.29, 0.717) is 19.5 Å². The molecule has 40 heavy (non-hydrogen) atoms. The number of piperidine rings is 1. The van der Waals surface area contributed by atoms with E-state index in [1.165, 1.54) is 5.56 Å². The monoisotopic (exact) mass is 557 g/mol. The predicted octanol–water partition coefficient (Wildman–Crippen LogP) is 4.42. The van der Waals surface area contributed by atoms with Crippen molar-refractivity contribution >= 4 is 25.0 Å². The number of hydrogen-bond donors (Lipinski definition) is 2. The third-order valence-corrected chi connectivity index (χ3v) is 7.85. The first kappa shape index (κ1) is 31.9. The lowest BCUT2D eigenvalue weighted by molar-refractivity contribution is -0.135. The minimum Gasteiger partial charge on any atom is -0.444 e. The molecular formula is C30H48BN3O6. The van der Waals surface area contributed by atoms with Gasteiger partial charge in [-0.15, -0.1) is 0 Å². The Bertz CT molecular complexity index is 988. The summed E-state index contributed by atoms with van der Waals surface area (Å²) in [5.74, 6) is -1.10. The van der Waals surface area contributed by atoms with Crippen LogP contribution in [0.4, 0.5) is 4.79 Å². The van der Waals surface area contributed by atoms with Gasteiger partial charge in [0.15, 0.2) is 0 Å². The average molecular weight is 558 g/mol. The van der Waals surface area contributed by atoms with E-state index in [9.17, 15) is 14.4 Å². The minimum absolute atomic E-state index is 0.148. The molecule has 2 fully saturated rings.